The van der Waals surface area contributed by atoms with Crippen molar-refractivity contribution in [2.75, 3.05) is 12.8 Å². The maximum absolute atomic E-state index is 6.11. The van der Waals surface area contributed by atoms with E-state index in [9.17, 15) is 0 Å². The van der Waals surface area contributed by atoms with Gasteiger partial charge in [0.2, 0.25) is 0 Å². The van der Waals surface area contributed by atoms with E-state index >= 15 is 0 Å². The summed E-state index contributed by atoms with van der Waals surface area (Å²) in [6, 6.07) is 0. The Morgan fingerprint density at radius 3 is 2.37 bits per heavy atom. The van der Waals surface area contributed by atoms with Gasteiger partial charge in [-0.05, 0) is 24.8 Å². The number of hydrogen-bond donors (Lipinski definition) is 1. The highest BCUT2D eigenvalue weighted by atomic mass is 32.1. The fourth-order valence-corrected chi connectivity index (χ4v) is 3.31. The zero-order valence-corrected chi connectivity index (χ0v) is 13.2. The molecule has 0 spiro atoms. The monoisotopic (exact) mass is 279 g/mol. The second-order valence-corrected chi connectivity index (χ2v) is 7.12. The van der Waals surface area contributed by atoms with Crippen LogP contribution in [-0.2, 0) is 4.74 Å². The maximum atomic E-state index is 6.11. The summed E-state index contributed by atoms with van der Waals surface area (Å²) in [5.74, 6) is 1.22. The third-order valence-electron chi connectivity index (χ3n) is 3.33. The van der Waals surface area contributed by atoms with E-state index in [0.717, 1.165) is 10.2 Å². The molecule has 0 aromatic carbocycles. The molecule has 0 saturated carbocycles. The molecule has 0 aliphatic heterocycles. The van der Waals surface area contributed by atoms with Crippen LogP contribution in [0.15, 0.2) is 0 Å². The molecule has 0 fully saturated rings. The Hall–Kier alpha value is -1.20. The van der Waals surface area contributed by atoms with E-state index in [1.807, 2.05) is 0 Å². The largest absolute Gasteiger partial charge is 0.383 e. The summed E-state index contributed by atoms with van der Waals surface area (Å²) in [5.41, 5.74) is 7.21. The van der Waals surface area contributed by atoms with Crippen molar-refractivity contribution in [1.82, 2.24) is 9.97 Å². The summed E-state index contributed by atoms with van der Waals surface area (Å²) in [7, 11) is 1.69. The number of fused-ring (bicyclic) bond motifs is 1. The Morgan fingerprint density at radius 1 is 1.21 bits per heavy atom. The van der Waals surface area contributed by atoms with Gasteiger partial charge in [0.25, 0.3) is 0 Å². The number of aryl methyl sites for hydroxylation is 2. The van der Waals surface area contributed by atoms with Crippen LogP contribution in [0.2, 0.25) is 0 Å². The minimum Gasteiger partial charge on any atom is -0.383 e. The van der Waals surface area contributed by atoms with Crippen LogP contribution < -0.4 is 5.73 Å². The summed E-state index contributed by atoms with van der Waals surface area (Å²) in [6.07, 6.45) is -0.165. The number of aromatic nitrogens is 2. The molecule has 0 amide bonds. The van der Waals surface area contributed by atoms with Gasteiger partial charge in [-0.3, -0.25) is 0 Å². The second kappa shape index (κ2) is 4.72. The minimum absolute atomic E-state index is 0.0732. The Labute approximate surface area is 118 Å². The highest BCUT2D eigenvalue weighted by molar-refractivity contribution is 7.18. The van der Waals surface area contributed by atoms with E-state index < -0.39 is 0 Å². The van der Waals surface area contributed by atoms with Gasteiger partial charge in [0.15, 0.2) is 5.82 Å². The zero-order valence-electron chi connectivity index (χ0n) is 12.4. The highest BCUT2D eigenvalue weighted by Gasteiger charge is 2.29. The van der Waals surface area contributed by atoms with Gasteiger partial charge >= 0.3 is 0 Å². The predicted molar refractivity (Wildman–Crippen MR) is 80.5 cm³/mol. The average molecular weight is 279 g/mol. The van der Waals surface area contributed by atoms with Crippen molar-refractivity contribution >= 4 is 27.4 Å². The van der Waals surface area contributed by atoms with Gasteiger partial charge in [0, 0.05) is 12.0 Å². The molecule has 2 rings (SSSR count). The number of methoxy groups -OCH3 is 1. The fourth-order valence-electron chi connectivity index (χ4n) is 2.26. The predicted octanol–water partition coefficient (Wildman–Crippen LogP) is 3.62. The topological polar surface area (TPSA) is 61.0 Å². The van der Waals surface area contributed by atoms with Crippen molar-refractivity contribution in [3.63, 3.8) is 0 Å². The lowest BCUT2D eigenvalue weighted by atomic mass is 9.88. The van der Waals surface area contributed by atoms with E-state index in [-0.39, 0.29) is 11.5 Å². The van der Waals surface area contributed by atoms with Gasteiger partial charge in [0.1, 0.15) is 16.8 Å². The summed E-state index contributed by atoms with van der Waals surface area (Å²) in [6.45, 7) is 10.5. The number of anilines is 1. The second-order valence-electron chi connectivity index (χ2n) is 5.91. The molecule has 0 aliphatic carbocycles. The van der Waals surface area contributed by atoms with Gasteiger partial charge in [0.05, 0.1) is 5.39 Å². The molecule has 0 aliphatic rings. The molecule has 2 heterocycles. The molecule has 5 heteroatoms. The molecule has 104 valence electrons. The molecule has 1 unspecified atom stereocenters. The Balaban J connectivity index is 2.64. The SMILES string of the molecule is COC(c1nc(N)c2c(C)c(C)sc2n1)C(C)(C)C. The van der Waals surface area contributed by atoms with E-state index in [1.54, 1.807) is 18.4 Å². The van der Waals surface area contributed by atoms with Gasteiger partial charge in [-0.2, -0.15) is 0 Å². The van der Waals surface area contributed by atoms with Crippen LogP contribution in [0, 0.1) is 19.3 Å². The normalized spacial score (nSPS) is 14.0. The van der Waals surface area contributed by atoms with Gasteiger partial charge < -0.3 is 10.5 Å². The summed E-state index contributed by atoms with van der Waals surface area (Å²) in [5, 5.41) is 0.981. The van der Waals surface area contributed by atoms with E-state index in [1.165, 1.54) is 10.4 Å². The van der Waals surface area contributed by atoms with Gasteiger partial charge in [-0.1, -0.05) is 20.8 Å². The molecule has 2 aromatic heterocycles. The molecular formula is C14H21N3OS. The van der Waals surface area contributed by atoms with Crippen LogP contribution in [0.5, 0.6) is 0 Å². The number of rotatable bonds is 2. The smallest absolute Gasteiger partial charge is 0.161 e. The van der Waals surface area contributed by atoms with Crippen LogP contribution in [0.3, 0.4) is 0 Å². The first kappa shape index (κ1) is 14.2. The number of thiophene rings is 1. The third kappa shape index (κ3) is 2.44. The van der Waals surface area contributed by atoms with Crippen molar-refractivity contribution in [1.29, 1.82) is 0 Å². The molecular weight excluding hydrogens is 258 g/mol. The van der Waals surface area contributed by atoms with Crippen molar-refractivity contribution in [2.24, 2.45) is 5.41 Å². The number of nitrogens with two attached hydrogens (primary N) is 1. The van der Waals surface area contributed by atoms with Crippen molar-refractivity contribution < 1.29 is 4.74 Å². The minimum atomic E-state index is -0.165. The van der Waals surface area contributed by atoms with E-state index in [2.05, 4.69) is 44.6 Å². The molecule has 19 heavy (non-hydrogen) atoms. The van der Waals surface area contributed by atoms with Crippen LogP contribution in [0.25, 0.3) is 10.2 Å². The quantitative estimate of drug-likeness (QED) is 0.912. The van der Waals surface area contributed by atoms with Crippen molar-refractivity contribution in [3.8, 4) is 0 Å². The standard InChI is InChI=1S/C14H21N3OS/c1-7-8(2)19-13-9(7)11(15)16-12(17-13)10(18-6)14(3,4)5/h10H,1-6H3,(H2,15,16,17). The number of nitrogens with zero attached hydrogens (tertiary/aromatic N) is 2. The maximum Gasteiger partial charge on any atom is 0.161 e. The molecule has 0 saturated heterocycles. The average Bonchev–Trinajstić information content (AvgIpc) is 2.53. The van der Waals surface area contributed by atoms with Crippen molar-refractivity contribution in [3.05, 3.63) is 16.3 Å². The highest BCUT2D eigenvalue weighted by Crippen LogP contribution is 2.37. The zero-order chi connectivity index (χ0) is 14.4. The summed E-state index contributed by atoms with van der Waals surface area (Å²) in [4.78, 5) is 11.3. The molecule has 1 atom stereocenters. The fraction of sp³-hybridized carbons (Fsp3) is 0.571. The Bertz CT molecular complexity index is 613. The summed E-state index contributed by atoms with van der Waals surface area (Å²) >= 11 is 1.66. The Morgan fingerprint density at radius 2 is 1.84 bits per heavy atom. The van der Waals surface area contributed by atoms with Crippen molar-refractivity contribution in [2.45, 2.75) is 40.7 Å². The van der Waals surface area contributed by atoms with E-state index in [4.69, 9.17) is 10.5 Å². The molecule has 0 radical (unpaired) electrons. The molecule has 0 bridgehead atoms. The van der Waals surface area contributed by atoms with Gasteiger partial charge in [-0.15, -0.1) is 11.3 Å². The lowest BCUT2D eigenvalue weighted by Gasteiger charge is -2.28. The first-order valence-corrected chi connectivity index (χ1v) is 7.13. The van der Waals surface area contributed by atoms with Crippen LogP contribution in [-0.4, -0.2) is 17.1 Å². The lowest BCUT2D eigenvalue weighted by Crippen LogP contribution is -2.22. The number of nitrogen functional groups attached to an aromatic ring is 1. The molecule has 2 N–H and O–H groups in total. The lowest BCUT2D eigenvalue weighted by molar-refractivity contribution is 0.00905. The van der Waals surface area contributed by atoms with Crippen LogP contribution in [0.1, 0.15) is 43.1 Å². The first-order chi connectivity index (χ1) is 8.75. The van der Waals surface area contributed by atoms with Gasteiger partial charge in [-0.25, -0.2) is 9.97 Å². The molecule has 2 aromatic rings. The number of hydrogen-bond acceptors (Lipinski definition) is 5. The van der Waals surface area contributed by atoms with Crippen LogP contribution >= 0.6 is 11.3 Å². The summed E-state index contributed by atoms with van der Waals surface area (Å²) < 4.78 is 5.57. The Kier molecular flexibility index (Phi) is 3.53. The van der Waals surface area contributed by atoms with E-state index in [0.29, 0.717) is 11.6 Å². The van der Waals surface area contributed by atoms with Crippen LogP contribution in [0.4, 0.5) is 5.82 Å². The first-order valence-electron chi connectivity index (χ1n) is 6.31. The number of ether oxygens (including phenoxy) is 1. The molecule has 4 nitrogen and oxygen atoms in total. The third-order valence-corrected chi connectivity index (χ3v) is 4.43.